The molecule has 0 aliphatic rings. The second-order valence-electron chi connectivity index (χ2n) is 5.68. The predicted octanol–water partition coefficient (Wildman–Crippen LogP) is 5.71. The van der Waals surface area contributed by atoms with Crippen LogP contribution in [-0.2, 0) is 0 Å². The van der Waals surface area contributed by atoms with Crippen molar-refractivity contribution < 1.29 is 0 Å². The van der Waals surface area contributed by atoms with Gasteiger partial charge in [-0.2, -0.15) is 0 Å². The average Bonchev–Trinajstić information content (AvgIpc) is 2.96. The Morgan fingerprint density at radius 2 is 1.67 bits per heavy atom. The van der Waals surface area contributed by atoms with Crippen molar-refractivity contribution in [1.82, 2.24) is 9.38 Å². The summed E-state index contributed by atoms with van der Waals surface area (Å²) in [7, 11) is 0. The Bertz CT molecular complexity index is 1000. The van der Waals surface area contributed by atoms with Crippen molar-refractivity contribution in [2.75, 3.05) is 5.32 Å². The summed E-state index contributed by atoms with van der Waals surface area (Å²) in [6.07, 6.45) is 2.02. The minimum atomic E-state index is 0.718. The molecular formula is C20H16ClN3. The first-order valence-corrected chi connectivity index (χ1v) is 8.16. The van der Waals surface area contributed by atoms with Gasteiger partial charge in [0.15, 0.2) is 0 Å². The molecular weight excluding hydrogens is 318 g/mol. The van der Waals surface area contributed by atoms with E-state index >= 15 is 0 Å². The quantitative estimate of drug-likeness (QED) is 0.520. The van der Waals surface area contributed by atoms with Crippen LogP contribution in [0.1, 0.15) is 5.56 Å². The molecule has 0 atom stereocenters. The molecule has 0 fully saturated rings. The Kier molecular flexibility index (Phi) is 3.71. The first-order valence-electron chi connectivity index (χ1n) is 7.78. The lowest BCUT2D eigenvalue weighted by molar-refractivity contribution is 1.18. The Balaban J connectivity index is 1.90. The zero-order valence-electron chi connectivity index (χ0n) is 13.2. The number of nitrogens with zero attached hydrogens (tertiary/aromatic N) is 2. The Labute approximate surface area is 145 Å². The third-order valence-electron chi connectivity index (χ3n) is 4.05. The predicted molar refractivity (Wildman–Crippen MR) is 100 cm³/mol. The molecule has 1 N–H and O–H groups in total. The van der Waals surface area contributed by atoms with Crippen LogP contribution in [0.2, 0.25) is 5.02 Å². The summed E-state index contributed by atoms with van der Waals surface area (Å²) in [6.45, 7) is 2.09. The number of hydrogen-bond acceptors (Lipinski definition) is 2. The molecule has 3 nitrogen and oxygen atoms in total. The fourth-order valence-electron chi connectivity index (χ4n) is 2.77. The molecule has 0 aliphatic carbocycles. The fraction of sp³-hybridized carbons (Fsp3) is 0.0500. The monoisotopic (exact) mass is 333 g/mol. The molecule has 0 saturated carbocycles. The molecule has 118 valence electrons. The van der Waals surface area contributed by atoms with Crippen molar-refractivity contribution >= 4 is 28.8 Å². The van der Waals surface area contributed by atoms with Gasteiger partial charge < -0.3 is 5.32 Å². The number of nitrogens with one attached hydrogen (secondary N) is 1. The molecule has 0 bridgehead atoms. The number of para-hydroxylation sites is 1. The van der Waals surface area contributed by atoms with Crippen LogP contribution >= 0.6 is 11.6 Å². The van der Waals surface area contributed by atoms with Crippen LogP contribution in [0.25, 0.3) is 16.9 Å². The minimum absolute atomic E-state index is 0.718. The van der Waals surface area contributed by atoms with Crippen molar-refractivity contribution in [3.8, 4) is 11.3 Å². The van der Waals surface area contributed by atoms with Crippen LogP contribution in [0.15, 0.2) is 72.9 Å². The normalized spacial score (nSPS) is 10.9. The van der Waals surface area contributed by atoms with Gasteiger partial charge in [0.1, 0.15) is 17.2 Å². The molecule has 24 heavy (non-hydrogen) atoms. The van der Waals surface area contributed by atoms with Crippen molar-refractivity contribution in [2.24, 2.45) is 0 Å². The van der Waals surface area contributed by atoms with E-state index in [-0.39, 0.29) is 0 Å². The third-order valence-corrected chi connectivity index (χ3v) is 4.30. The Morgan fingerprint density at radius 3 is 2.46 bits per heavy atom. The molecule has 0 saturated heterocycles. The summed E-state index contributed by atoms with van der Waals surface area (Å²) in [4.78, 5) is 4.80. The maximum Gasteiger partial charge on any atom is 0.143 e. The van der Waals surface area contributed by atoms with E-state index in [0.29, 0.717) is 0 Å². The highest BCUT2D eigenvalue weighted by Gasteiger charge is 2.14. The van der Waals surface area contributed by atoms with Gasteiger partial charge in [0, 0.05) is 22.5 Å². The Morgan fingerprint density at radius 1 is 0.917 bits per heavy atom. The van der Waals surface area contributed by atoms with Crippen molar-refractivity contribution in [3.05, 3.63) is 83.5 Å². The highest BCUT2D eigenvalue weighted by Crippen LogP contribution is 2.32. The second kappa shape index (κ2) is 6.02. The van der Waals surface area contributed by atoms with E-state index in [0.717, 1.165) is 33.4 Å². The summed E-state index contributed by atoms with van der Waals surface area (Å²) in [6, 6.07) is 22.0. The molecule has 4 aromatic rings. The van der Waals surface area contributed by atoms with Crippen LogP contribution < -0.4 is 5.32 Å². The first kappa shape index (κ1) is 14.8. The van der Waals surface area contributed by atoms with Crippen molar-refractivity contribution in [2.45, 2.75) is 6.92 Å². The third kappa shape index (κ3) is 2.63. The number of hydrogen-bond donors (Lipinski definition) is 1. The topological polar surface area (TPSA) is 29.3 Å². The van der Waals surface area contributed by atoms with E-state index in [2.05, 4.69) is 28.8 Å². The SMILES string of the molecule is Cc1ccccc1Nc1c(-c2ccc(Cl)cc2)nc2ccccn12. The lowest BCUT2D eigenvalue weighted by Gasteiger charge is -2.11. The summed E-state index contributed by atoms with van der Waals surface area (Å²) < 4.78 is 2.07. The largest absolute Gasteiger partial charge is 0.339 e. The van der Waals surface area contributed by atoms with E-state index in [1.54, 1.807) is 0 Å². The number of anilines is 2. The molecule has 0 unspecified atom stereocenters. The average molecular weight is 334 g/mol. The summed E-state index contributed by atoms with van der Waals surface area (Å²) in [5.74, 6) is 0.947. The molecule has 2 aromatic heterocycles. The van der Waals surface area contributed by atoms with Gasteiger partial charge in [0.25, 0.3) is 0 Å². The van der Waals surface area contributed by atoms with Gasteiger partial charge in [-0.25, -0.2) is 4.98 Å². The van der Waals surface area contributed by atoms with E-state index in [1.807, 2.05) is 60.8 Å². The van der Waals surface area contributed by atoms with E-state index < -0.39 is 0 Å². The molecule has 0 aliphatic heterocycles. The fourth-order valence-corrected chi connectivity index (χ4v) is 2.89. The number of pyridine rings is 1. The zero-order valence-corrected chi connectivity index (χ0v) is 14.0. The van der Waals surface area contributed by atoms with Gasteiger partial charge in [-0.15, -0.1) is 0 Å². The molecule has 4 rings (SSSR count). The number of rotatable bonds is 3. The summed E-state index contributed by atoms with van der Waals surface area (Å²) in [5.41, 5.74) is 5.09. The summed E-state index contributed by atoms with van der Waals surface area (Å²) >= 11 is 6.03. The molecule has 2 heterocycles. The highest BCUT2D eigenvalue weighted by atomic mass is 35.5. The van der Waals surface area contributed by atoms with Crippen LogP contribution in [0.3, 0.4) is 0 Å². The molecule has 0 spiro atoms. The van der Waals surface area contributed by atoms with Crippen molar-refractivity contribution in [1.29, 1.82) is 0 Å². The maximum atomic E-state index is 6.03. The van der Waals surface area contributed by atoms with Crippen LogP contribution in [0, 0.1) is 6.92 Å². The lowest BCUT2D eigenvalue weighted by Crippen LogP contribution is -1.98. The molecule has 2 aromatic carbocycles. The zero-order chi connectivity index (χ0) is 16.5. The van der Waals surface area contributed by atoms with Gasteiger partial charge in [-0.3, -0.25) is 4.40 Å². The number of benzene rings is 2. The van der Waals surface area contributed by atoms with Gasteiger partial charge in [-0.05, 0) is 42.8 Å². The molecule has 0 radical (unpaired) electrons. The minimum Gasteiger partial charge on any atom is -0.339 e. The maximum absolute atomic E-state index is 6.03. The lowest BCUT2D eigenvalue weighted by atomic mass is 10.1. The van der Waals surface area contributed by atoms with Crippen LogP contribution in [0.5, 0.6) is 0 Å². The van der Waals surface area contributed by atoms with Gasteiger partial charge in [0.2, 0.25) is 0 Å². The Hall–Kier alpha value is -2.78. The second-order valence-corrected chi connectivity index (χ2v) is 6.12. The number of aromatic nitrogens is 2. The standard InChI is InChI=1S/C20H16ClN3/c1-14-6-2-3-7-17(14)22-20-19(15-9-11-16(21)12-10-15)23-18-8-4-5-13-24(18)20/h2-13,22H,1H3. The highest BCUT2D eigenvalue weighted by molar-refractivity contribution is 6.30. The molecule has 0 amide bonds. The number of halogens is 1. The van der Waals surface area contributed by atoms with Crippen molar-refractivity contribution in [3.63, 3.8) is 0 Å². The van der Waals surface area contributed by atoms with E-state index in [4.69, 9.17) is 16.6 Å². The molecule has 4 heteroatoms. The van der Waals surface area contributed by atoms with Gasteiger partial charge >= 0.3 is 0 Å². The first-order chi connectivity index (χ1) is 11.7. The van der Waals surface area contributed by atoms with E-state index in [1.165, 1.54) is 5.56 Å². The van der Waals surface area contributed by atoms with Crippen LogP contribution in [0.4, 0.5) is 11.5 Å². The van der Waals surface area contributed by atoms with E-state index in [9.17, 15) is 0 Å². The number of aryl methyl sites for hydroxylation is 1. The number of fused-ring (bicyclic) bond motifs is 1. The number of imidazole rings is 1. The summed E-state index contributed by atoms with van der Waals surface area (Å²) in [5, 5.41) is 4.26. The smallest absolute Gasteiger partial charge is 0.143 e. The van der Waals surface area contributed by atoms with Crippen LogP contribution in [-0.4, -0.2) is 9.38 Å². The van der Waals surface area contributed by atoms with Gasteiger partial charge in [0.05, 0.1) is 0 Å². The van der Waals surface area contributed by atoms with Gasteiger partial charge in [-0.1, -0.05) is 48.0 Å².